The molecule has 148 valence electrons. The zero-order valence-corrected chi connectivity index (χ0v) is 16.8. The zero-order chi connectivity index (χ0) is 20.4. The summed E-state index contributed by atoms with van der Waals surface area (Å²) in [5.74, 6) is 0.134. The summed E-state index contributed by atoms with van der Waals surface area (Å²) in [6.45, 7) is 4.34. The fraction of sp³-hybridized carbons (Fsp3) is 0.263. The van der Waals surface area contributed by atoms with Crippen LogP contribution in [0.25, 0.3) is 16.0 Å². The van der Waals surface area contributed by atoms with Crippen molar-refractivity contribution in [3.05, 3.63) is 53.1 Å². The molecular weight excluding hydrogens is 388 g/mol. The normalized spacial score (nSPS) is 12.2. The molecule has 0 saturated heterocycles. The third-order valence-corrected chi connectivity index (χ3v) is 5.61. The summed E-state index contributed by atoms with van der Waals surface area (Å²) >= 11 is 1.54. The Morgan fingerprint density at radius 2 is 1.97 bits per heavy atom. The molecule has 4 aromatic rings. The number of nitrogens with zero attached hydrogens (tertiary/aromatic N) is 6. The number of aromatic nitrogens is 6. The van der Waals surface area contributed by atoms with Crippen molar-refractivity contribution in [2.45, 2.75) is 32.7 Å². The molecule has 0 fully saturated rings. The predicted molar refractivity (Wildman–Crippen MR) is 111 cm³/mol. The first-order chi connectivity index (χ1) is 14.1. The Labute approximate surface area is 171 Å². The number of para-hydroxylation sites is 1. The van der Waals surface area contributed by atoms with Gasteiger partial charge in [0.2, 0.25) is 0 Å². The largest absolute Gasteiger partial charge is 0.382 e. The number of nitrogens with two attached hydrogens (primary N) is 1. The monoisotopic (exact) mass is 408 g/mol. The van der Waals surface area contributed by atoms with Crippen molar-refractivity contribution in [3.63, 3.8) is 0 Å². The van der Waals surface area contributed by atoms with Crippen LogP contribution in [0.1, 0.15) is 47.4 Å². The second-order valence-electron chi connectivity index (χ2n) is 6.55. The van der Waals surface area contributed by atoms with Gasteiger partial charge in [-0.05, 0) is 18.6 Å². The van der Waals surface area contributed by atoms with Crippen molar-refractivity contribution < 1.29 is 4.79 Å². The lowest BCUT2D eigenvalue weighted by Gasteiger charge is -2.15. The number of rotatable bonds is 6. The summed E-state index contributed by atoms with van der Waals surface area (Å²) in [5, 5.41) is 11.9. The van der Waals surface area contributed by atoms with Crippen LogP contribution in [0.3, 0.4) is 0 Å². The zero-order valence-electron chi connectivity index (χ0n) is 16.0. The minimum atomic E-state index is -0.390. The molecule has 1 unspecified atom stereocenters. The number of fused-ring (bicyclic) bond motifs is 1. The molecule has 1 amide bonds. The van der Waals surface area contributed by atoms with Crippen LogP contribution in [0, 0.1) is 0 Å². The van der Waals surface area contributed by atoms with Crippen molar-refractivity contribution >= 4 is 33.3 Å². The second-order valence-corrected chi connectivity index (χ2v) is 7.67. The Morgan fingerprint density at radius 1 is 1.21 bits per heavy atom. The van der Waals surface area contributed by atoms with Crippen LogP contribution in [0.2, 0.25) is 0 Å². The van der Waals surface area contributed by atoms with E-state index in [0.29, 0.717) is 18.1 Å². The van der Waals surface area contributed by atoms with Crippen LogP contribution >= 0.6 is 11.3 Å². The van der Waals surface area contributed by atoms with Crippen LogP contribution < -0.4 is 11.1 Å². The molecule has 0 bridgehead atoms. The van der Waals surface area contributed by atoms with E-state index >= 15 is 0 Å². The minimum absolute atomic E-state index is 0.0335. The van der Waals surface area contributed by atoms with E-state index in [0.717, 1.165) is 21.6 Å². The van der Waals surface area contributed by atoms with Crippen LogP contribution in [0.15, 0.2) is 36.7 Å². The molecule has 29 heavy (non-hydrogen) atoms. The highest BCUT2D eigenvalue weighted by atomic mass is 32.1. The number of carbonyl (C=O) groups excluding carboxylic acids is 1. The molecule has 3 aromatic heterocycles. The minimum Gasteiger partial charge on any atom is -0.382 e. The van der Waals surface area contributed by atoms with Crippen LogP contribution in [-0.4, -0.2) is 35.9 Å². The average molecular weight is 408 g/mol. The highest BCUT2D eigenvalue weighted by Crippen LogP contribution is 2.24. The number of anilines is 1. The summed E-state index contributed by atoms with van der Waals surface area (Å²) in [4.78, 5) is 27.6. The molecule has 0 aliphatic carbocycles. The highest BCUT2D eigenvalue weighted by molar-refractivity contribution is 7.18. The summed E-state index contributed by atoms with van der Waals surface area (Å²) in [6, 6.07) is 7.85. The first-order valence-corrected chi connectivity index (χ1v) is 10.0. The van der Waals surface area contributed by atoms with Gasteiger partial charge < -0.3 is 11.1 Å². The Balaban J connectivity index is 1.60. The molecule has 0 radical (unpaired) electrons. The van der Waals surface area contributed by atoms with Crippen molar-refractivity contribution in [2.75, 3.05) is 5.73 Å². The van der Waals surface area contributed by atoms with Gasteiger partial charge >= 0.3 is 0 Å². The SMILES string of the molecule is CCC(C)c1nc(C(=O)NCc2nc3ccccc3s2)c(N)nc1-n1nccn1. The molecule has 0 aliphatic rings. The lowest BCUT2D eigenvalue weighted by molar-refractivity contribution is 0.0946. The molecule has 3 heterocycles. The number of benzene rings is 1. The van der Waals surface area contributed by atoms with Gasteiger partial charge in [-0.1, -0.05) is 26.0 Å². The van der Waals surface area contributed by atoms with Crippen LogP contribution in [-0.2, 0) is 6.54 Å². The van der Waals surface area contributed by atoms with E-state index in [2.05, 4.69) is 30.5 Å². The maximum Gasteiger partial charge on any atom is 0.274 e. The number of nitrogens with one attached hydrogen (secondary N) is 1. The maximum absolute atomic E-state index is 12.8. The van der Waals surface area contributed by atoms with E-state index in [1.54, 1.807) is 12.4 Å². The van der Waals surface area contributed by atoms with Crippen molar-refractivity contribution in [3.8, 4) is 5.82 Å². The van der Waals surface area contributed by atoms with E-state index in [1.807, 2.05) is 38.1 Å². The number of hydrogen-bond acceptors (Lipinski definition) is 8. The summed E-state index contributed by atoms with van der Waals surface area (Å²) in [6.07, 6.45) is 3.92. The van der Waals surface area contributed by atoms with Gasteiger partial charge in [-0.2, -0.15) is 10.2 Å². The molecular formula is C19H20N8OS. The summed E-state index contributed by atoms with van der Waals surface area (Å²) in [5.41, 5.74) is 7.69. The number of carbonyl (C=O) groups is 1. The van der Waals surface area contributed by atoms with Crippen LogP contribution in [0.4, 0.5) is 5.82 Å². The predicted octanol–water partition coefficient (Wildman–Crippen LogP) is 2.69. The third-order valence-electron chi connectivity index (χ3n) is 4.57. The van der Waals surface area contributed by atoms with E-state index in [1.165, 1.54) is 16.1 Å². The van der Waals surface area contributed by atoms with Gasteiger partial charge in [-0.15, -0.1) is 16.1 Å². The topological polar surface area (TPSA) is 124 Å². The number of thiazole rings is 1. The smallest absolute Gasteiger partial charge is 0.274 e. The van der Waals surface area contributed by atoms with Crippen molar-refractivity contribution in [1.29, 1.82) is 0 Å². The molecule has 4 rings (SSSR count). The standard InChI is InChI=1S/C19H20N8OS/c1-3-11(2)15-18(27-22-8-9-23-27)26-17(20)16(25-15)19(28)21-10-14-24-12-6-4-5-7-13(12)29-14/h4-9,11H,3,10H2,1-2H3,(H2,20,26)(H,21,28). The Hall–Kier alpha value is -3.40. The lowest BCUT2D eigenvalue weighted by Crippen LogP contribution is -2.27. The molecule has 10 heteroatoms. The van der Waals surface area contributed by atoms with Gasteiger partial charge in [-0.3, -0.25) is 4.79 Å². The van der Waals surface area contributed by atoms with Gasteiger partial charge in [0.05, 0.1) is 34.8 Å². The van der Waals surface area contributed by atoms with Gasteiger partial charge in [0, 0.05) is 5.92 Å². The van der Waals surface area contributed by atoms with E-state index in [-0.39, 0.29) is 17.4 Å². The molecule has 0 aliphatic heterocycles. The first-order valence-electron chi connectivity index (χ1n) is 9.23. The quantitative estimate of drug-likeness (QED) is 0.502. The third kappa shape index (κ3) is 3.79. The second kappa shape index (κ2) is 7.92. The van der Waals surface area contributed by atoms with Crippen molar-refractivity contribution in [1.82, 2.24) is 35.3 Å². The lowest BCUT2D eigenvalue weighted by atomic mass is 10.0. The van der Waals surface area contributed by atoms with E-state index < -0.39 is 5.91 Å². The Bertz CT molecular complexity index is 1120. The average Bonchev–Trinajstić information content (AvgIpc) is 3.40. The number of amides is 1. The molecule has 1 aromatic carbocycles. The highest BCUT2D eigenvalue weighted by Gasteiger charge is 2.22. The van der Waals surface area contributed by atoms with Gasteiger partial charge in [0.25, 0.3) is 5.91 Å². The van der Waals surface area contributed by atoms with Crippen LogP contribution in [0.5, 0.6) is 0 Å². The Morgan fingerprint density at radius 3 is 2.69 bits per heavy atom. The summed E-state index contributed by atoms with van der Waals surface area (Å²) < 4.78 is 1.08. The molecule has 0 spiro atoms. The fourth-order valence-corrected chi connectivity index (χ4v) is 3.76. The van der Waals surface area contributed by atoms with Gasteiger partial charge in [-0.25, -0.2) is 15.0 Å². The molecule has 1 atom stereocenters. The Kier molecular flexibility index (Phi) is 5.17. The molecule has 0 saturated carbocycles. The van der Waals surface area contributed by atoms with E-state index in [4.69, 9.17) is 5.73 Å². The first kappa shape index (κ1) is 18.9. The summed E-state index contributed by atoms with van der Waals surface area (Å²) in [7, 11) is 0. The number of nitrogen functional groups attached to an aromatic ring is 1. The van der Waals surface area contributed by atoms with Gasteiger partial charge in [0.15, 0.2) is 17.3 Å². The molecule has 3 N–H and O–H groups in total. The molecule has 9 nitrogen and oxygen atoms in total. The maximum atomic E-state index is 12.8. The van der Waals surface area contributed by atoms with Gasteiger partial charge in [0.1, 0.15) is 5.01 Å². The van der Waals surface area contributed by atoms with Crippen molar-refractivity contribution in [2.24, 2.45) is 0 Å². The number of hydrogen-bond donors (Lipinski definition) is 2. The fourth-order valence-electron chi connectivity index (χ4n) is 2.85. The van der Waals surface area contributed by atoms with E-state index in [9.17, 15) is 4.79 Å².